The molecule has 70 valence electrons. The molecule has 0 spiro atoms. The normalized spacial score (nSPS) is 8.50. The van der Waals surface area contributed by atoms with Gasteiger partial charge in [0, 0.05) is 6.20 Å². The molecule has 1 rings (SSSR count). The van der Waals surface area contributed by atoms with Gasteiger partial charge in [-0.05, 0) is 0 Å². The van der Waals surface area contributed by atoms with E-state index in [0.29, 0.717) is 4.47 Å². The minimum absolute atomic E-state index is 0.150. The summed E-state index contributed by atoms with van der Waals surface area (Å²) in [4.78, 5) is 9.28. The number of thiazole rings is 1. The SMILES string of the molecule is N#CC(C#N)=NOCc1cnc(Cl)s1. The summed E-state index contributed by atoms with van der Waals surface area (Å²) in [6.45, 7) is 0.150. The third-order valence-electron chi connectivity index (χ3n) is 1.10. The van der Waals surface area contributed by atoms with Crippen molar-refractivity contribution in [3.63, 3.8) is 0 Å². The first-order chi connectivity index (χ1) is 6.76. The van der Waals surface area contributed by atoms with Crippen LogP contribution in [0.1, 0.15) is 4.88 Å². The summed E-state index contributed by atoms with van der Waals surface area (Å²) < 4.78 is 0.411. The largest absolute Gasteiger partial charge is 0.388 e. The number of hydrogen-bond acceptors (Lipinski definition) is 6. The fourth-order valence-electron chi connectivity index (χ4n) is 0.577. The Hall–Kier alpha value is -1.63. The van der Waals surface area contributed by atoms with Crippen LogP contribution in [0.2, 0.25) is 4.47 Å². The highest BCUT2D eigenvalue weighted by molar-refractivity contribution is 7.15. The molecule has 0 aliphatic rings. The molecule has 0 amide bonds. The van der Waals surface area contributed by atoms with Gasteiger partial charge in [0.1, 0.15) is 12.1 Å². The number of rotatable bonds is 3. The molecule has 0 fully saturated rings. The summed E-state index contributed by atoms with van der Waals surface area (Å²) in [6.07, 6.45) is 1.54. The predicted octanol–water partition coefficient (Wildman–Crippen LogP) is 1.72. The first-order valence-corrected chi connectivity index (χ1v) is 4.56. The summed E-state index contributed by atoms with van der Waals surface area (Å²) in [5, 5.41) is 19.9. The van der Waals surface area contributed by atoms with E-state index in [1.54, 1.807) is 18.3 Å². The van der Waals surface area contributed by atoms with E-state index in [9.17, 15) is 0 Å². The van der Waals surface area contributed by atoms with Crippen LogP contribution in [0.4, 0.5) is 0 Å². The lowest BCUT2D eigenvalue weighted by molar-refractivity contribution is 0.133. The quantitative estimate of drug-likeness (QED) is 0.580. The number of oxime groups is 1. The molecule has 0 aliphatic heterocycles. The van der Waals surface area contributed by atoms with Crippen LogP contribution in [0, 0.1) is 22.7 Å². The smallest absolute Gasteiger partial charge is 0.256 e. The van der Waals surface area contributed by atoms with Crippen molar-refractivity contribution in [2.24, 2.45) is 5.16 Å². The Morgan fingerprint density at radius 3 is 2.86 bits per heavy atom. The van der Waals surface area contributed by atoms with Crippen molar-refractivity contribution < 1.29 is 4.84 Å². The summed E-state index contributed by atoms with van der Waals surface area (Å²) in [7, 11) is 0. The Bertz CT molecular complexity index is 412. The highest BCUT2D eigenvalue weighted by atomic mass is 35.5. The van der Waals surface area contributed by atoms with Crippen LogP contribution in [0.15, 0.2) is 11.4 Å². The second kappa shape index (κ2) is 5.18. The minimum atomic E-state index is -0.319. The predicted molar refractivity (Wildman–Crippen MR) is 50.6 cm³/mol. The average molecular weight is 227 g/mol. The Labute approximate surface area is 88.8 Å². The molecular weight excluding hydrogens is 224 g/mol. The molecule has 0 unspecified atom stereocenters. The van der Waals surface area contributed by atoms with Gasteiger partial charge < -0.3 is 4.84 Å². The third kappa shape index (κ3) is 3.02. The maximum absolute atomic E-state index is 8.31. The zero-order valence-corrected chi connectivity index (χ0v) is 8.34. The van der Waals surface area contributed by atoms with E-state index in [-0.39, 0.29) is 12.3 Å². The second-order valence-electron chi connectivity index (χ2n) is 2.02. The molecular formula is C7H3ClN4OS. The zero-order valence-electron chi connectivity index (χ0n) is 6.77. The highest BCUT2D eigenvalue weighted by Gasteiger charge is 2.00. The molecule has 0 saturated heterocycles. The Kier molecular flexibility index (Phi) is 3.86. The van der Waals surface area contributed by atoms with Crippen molar-refractivity contribution in [1.82, 2.24) is 4.98 Å². The third-order valence-corrected chi connectivity index (χ3v) is 2.19. The van der Waals surface area contributed by atoms with Gasteiger partial charge in [0.2, 0.25) is 0 Å². The number of hydrogen-bond donors (Lipinski definition) is 0. The molecule has 0 N–H and O–H groups in total. The van der Waals surface area contributed by atoms with Gasteiger partial charge >= 0.3 is 0 Å². The second-order valence-corrected chi connectivity index (χ2v) is 3.71. The van der Waals surface area contributed by atoms with Gasteiger partial charge in [0.25, 0.3) is 5.71 Å². The van der Waals surface area contributed by atoms with Crippen LogP contribution in [-0.4, -0.2) is 10.7 Å². The topological polar surface area (TPSA) is 82.1 Å². The van der Waals surface area contributed by atoms with Crippen LogP contribution in [-0.2, 0) is 11.4 Å². The van der Waals surface area contributed by atoms with Crippen LogP contribution in [0.25, 0.3) is 0 Å². The van der Waals surface area contributed by atoms with Crippen LogP contribution in [0.3, 0.4) is 0 Å². The molecule has 0 atom stereocenters. The first-order valence-electron chi connectivity index (χ1n) is 3.36. The summed E-state index contributed by atoms with van der Waals surface area (Å²) >= 11 is 6.82. The summed E-state index contributed by atoms with van der Waals surface area (Å²) in [5.74, 6) is 0. The van der Waals surface area contributed by atoms with Crippen LogP contribution >= 0.6 is 22.9 Å². The van der Waals surface area contributed by atoms with Crippen molar-refractivity contribution >= 4 is 28.6 Å². The van der Waals surface area contributed by atoms with Gasteiger partial charge in [-0.3, -0.25) is 0 Å². The fourth-order valence-corrected chi connectivity index (χ4v) is 1.46. The molecule has 1 heterocycles. The molecule has 0 aromatic carbocycles. The van der Waals surface area contributed by atoms with Crippen molar-refractivity contribution in [3.05, 3.63) is 15.5 Å². The maximum Gasteiger partial charge on any atom is 0.256 e. The van der Waals surface area contributed by atoms with Gasteiger partial charge in [0.15, 0.2) is 11.1 Å². The zero-order chi connectivity index (χ0) is 10.4. The van der Waals surface area contributed by atoms with Crippen LogP contribution < -0.4 is 0 Å². The fraction of sp³-hybridized carbons (Fsp3) is 0.143. The number of halogens is 1. The first kappa shape index (κ1) is 10.5. The van der Waals surface area contributed by atoms with E-state index in [1.807, 2.05) is 0 Å². The van der Waals surface area contributed by atoms with E-state index >= 15 is 0 Å². The van der Waals surface area contributed by atoms with Crippen LogP contribution in [0.5, 0.6) is 0 Å². The molecule has 0 saturated carbocycles. The standard InChI is InChI=1S/C7H3ClN4OS/c8-7-11-3-6(14-7)4-13-12-5(1-9)2-10/h3H,4H2. The molecule has 7 heteroatoms. The molecule has 14 heavy (non-hydrogen) atoms. The van der Waals surface area contributed by atoms with Crippen molar-refractivity contribution in [1.29, 1.82) is 10.5 Å². The maximum atomic E-state index is 8.31. The van der Waals surface area contributed by atoms with Crippen molar-refractivity contribution in [2.75, 3.05) is 0 Å². The van der Waals surface area contributed by atoms with Gasteiger partial charge in [-0.2, -0.15) is 10.5 Å². The molecule has 0 radical (unpaired) electrons. The van der Waals surface area contributed by atoms with E-state index in [4.69, 9.17) is 27.0 Å². The lowest BCUT2D eigenvalue weighted by Crippen LogP contribution is -1.91. The van der Waals surface area contributed by atoms with E-state index in [2.05, 4.69) is 10.1 Å². The number of aromatic nitrogens is 1. The van der Waals surface area contributed by atoms with Gasteiger partial charge in [-0.1, -0.05) is 16.8 Å². The Morgan fingerprint density at radius 2 is 2.36 bits per heavy atom. The van der Waals surface area contributed by atoms with E-state index in [1.165, 1.54) is 11.3 Å². The average Bonchev–Trinajstić information content (AvgIpc) is 2.59. The summed E-state index contributed by atoms with van der Waals surface area (Å²) in [5.41, 5.74) is -0.319. The molecule has 5 nitrogen and oxygen atoms in total. The van der Waals surface area contributed by atoms with Gasteiger partial charge in [-0.15, -0.1) is 11.3 Å². The number of nitriles is 2. The lowest BCUT2D eigenvalue weighted by atomic mass is 10.5. The molecule has 0 bridgehead atoms. The number of nitrogens with zero attached hydrogens (tertiary/aromatic N) is 4. The van der Waals surface area contributed by atoms with Gasteiger partial charge in [0.05, 0.1) is 4.88 Å². The summed E-state index contributed by atoms with van der Waals surface area (Å²) in [6, 6.07) is 3.14. The van der Waals surface area contributed by atoms with Crippen molar-refractivity contribution in [2.45, 2.75) is 6.61 Å². The van der Waals surface area contributed by atoms with Gasteiger partial charge in [-0.25, -0.2) is 4.98 Å². The van der Waals surface area contributed by atoms with E-state index in [0.717, 1.165) is 4.88 Å². The van der Waals surface area contributed by atoms with E-state index < -0.39 is 0 Å². The highest BCUT2D eigenvalue weighted by Crippen LogP contribution is 2.18. The Morgan fingerprint density at radius 1 is 1.64 bits per heavy atom. The minimum Gasteiger partial charge on any atom is -0.388 e. The lowest BCUT2D eigenvalue weighted by Gasteiger charge is -1.92. The molecule has 0 aliphatic carbocycles. The Balaban J connectivity index is 2.47. The molecule has 1 aromatic rings. The molecule has 1 aromatic heterocycles. The monoisotopic (exact) mass is 226 g/mol. The van der Waals surface area contributed by atoms with Crippen molar-refractivity contribution in [3.8, 4) is 12.1 Å².